The van der Waals surface area contributed by atoms with Gasteiger partial charge in [0.1, 0.15) is 0 Å². The first-order valence-electron chi connectivity index (χ1n) is 6.15. The molecular formula is C13H15N3O3S. The van der Waals surface area contributed by atoms with Crippen LogP contribution < -0.4 is 10.6 Å². The molecule has 7 heteroatoms. The Balaban J connectivity index is 1.77. The predicted molar refractivity (Wildman–Crippen MR) is 77.8 cm³/mol. The van der Waals surface area contributed by atoms with E-state index in [1.54, 1.807) is 6.07 Å². The molecule has 1 aliphatic rings. The van der Waals surface area contributed by atoms with Crippen molar-refractivity contribution in [1.82, 2.24) is 10.2 Å². The summed E-state index contributed by atoms with van der Waals surface area (Å²) in [6.07, 6.45) is 0. The minimum Gasteiger partial charge on any atom is -0.336 e. The number of para-hydroxylation sites is 1. The third kappa shape index (κ3) is 3.51. The molecule has 1 fully saturated rings. The van der Waals surface area contributed by atoms with Crippen LogP contribution in [0.15, 0.2) is 24.3 Å². The van der Waals surface area contributed by atoms with Crippen molar-refractivity contribution in [3.05, 3.63) is 29.8 Å². The smallest absolute Gasteiger partial charge is 0.319 e. The topological polar surface area (TPSA) is 78.5 Å². The molecule has 6 nitrogen and oxygen atoms in total. The molecule has 1 aromatic carbocycles. The van der Waals surface area contributed by atoms with Gasteiger partial charge in [0.05, 0.1) is 5.75 Å². The van der Waals surface area contributed by atoms with E-state index in [9.17, 15) is 14.4 Å². The van der Waals surface area contributed by atoms with Gasteiger partial charge in [-0.15, -0.1) is 0 Å². The summed E-state index contributed by atoms with van der Waals surface area (Å²) < 4.78 is 0. The lowest BCUT2D eigenvalue weighted by Crippen LogP contribution is -2.39. The molecule has 0 unspecified atom stereocenters. The number of urea groups is 1. The highest BCUT2D eigenvalue weighted by Crippen LogP contribution is 2.17. The first-order chi connectivity index (χ1) is 9.58. The Morgan fingerprint density at radius 2 is 2.10 bits per heavy atom. The molecule has 2 N–H and O–H groups in total. The molecule has 1 heterocycles. The normalized spacial score (nSPS) is 14.6. The Labute approximate surface area is 120 Å². The number of benzene rings is 1. The number of aryl methyl sites for hydroxylation is 1. The van der Waals surface area contributed by atoms with Crippen molar-refractivity contribution in [3.8, 4) is 0 Å². The summed E-state index contributed by atoms with van der Waals surface area (Å²) in [7, 11) is 0. The number of imide groups is 1. The third-order valence-electron chi connectivity index (χ3n) is 2.85. The van der Waals surface area contributed by atoms with Crippen LogP contribution in [0.5, 0.6) is 0 Å². The highest BCUT2D eigenvalue weighted by Gasteiger charge is 2.29. The number of hydrogen-bond acceptors (Lipinski definition) is 4. The van der Waals surface area contributed by atoms with E-state index in [0.29, 0.717) is 0 Å². The maximum absolute atomic E-state index is 11.7. The third-order valence-corrected chi connectivity index (χ3v) is 3.71. The zero-order valence-electron chi connectivity index (χ0n) is 11.0. The molecule has 0 aliphatic carbocycles. The highest BCUT2D eigenvalue weighted by molar-refractivity contribution is 8.14. The minimum absolute atomic E-state index is 0.189. The first kappa shape index (κ1) is 14.4. The fourth-order valence-electron chi connectivity index (χ4n) is 1.76. The molecular weight excluding hydrogens is 278 g/mol. The Hall–Kier alpha value is -2.02. The standard InChI is InChI=1S/C13H15N3O3S/c1-9-4-2-3-5-10(9)15-12(18)14-6-7-16-11(17)8-20-13(16)19/h2-5H,6-8H2,1H3,(H2,14,15,18). The molecule has 0 bridgehead atoms. The van der Waals surface area contributed by atoms with Gasteiger partial charge in [-0.05, 0) is 18.6 Å². The maximum Gasteiger partial charge on any atom is 0.319 e. The van der Waals surface area contributed by atoms with Crippen molar-refractivity contribution >= 4 is 34.6 Å². The number of nitrogens with one attached hydrogen (secondary N) is 2. The van der Waals surface area contributed by atoms with Crippen molar-refractivity contribution in [2.24, 2.45) is 0 Å². The number of anilines is 1. The van der Waals surface area contributed by atoms with Gasteiger partial charge in [0.25, 0.3) is 5.24 Å². The van der Waals surface area contributed by atoms with Gasteiger partial charge in [0.2, 0.25) is 5.91 Å². The number of amides is 4. The lowest BCUT2D eigenvalue weighted by molar-refractivity contribution is -0.124. The number of rotatable bonds is 4. The van der Waals surface area contributed by atoms with Crippen LogP contribution in [-0.2, 0) is 4.79 Å². The summed E-state index contributed by atoms with van der Waals surface area (Å²) in [5.41, 5.74) is 1.69. The Kier molecular flexibility index (Phi) is 4.62. The van der Waals surface area contributed by atoms with Crippen LogP contribution in [0.1, 0.15) is 5.56 Å². The van der Waals surface area contributed by atoms with Crippen molar-refractivity contribution in [3.63, 3.8) is 0 Å². The van der Waals surface area contributed by atoms with Crippen LogP contribution >= 0.6 is 11.8 Å². The van der Waals surface area contributed by atoms with Crippen LogP contribution in [0, 0.1) is 6.92 Å². The summed E-state index contributed by atoms with van der Waals surface area (Å²) >= 11 is 0.986. The average Bonchev–Trinajstić information content (AvgIpc) is 2.73. The molecule has 1 aliphatic heterocycles. The molecule has 1 aromatic rings. The predicted octanol–water partition coefficient (Wildman–Crippen LogP) is 1.81. The van der Waals surface area contributed by atoms with Crippen molar-refractivity contribution in [2.45, 2.75) is 6.92 Å². The molecule has 0 radical (unpaired) electrons. The first-order valence-corrected chi connectivity index (χ1v) is 7.14. The quantitative estimate of drug-likeness (QED) is 0.887. The molecule has 0 spiro atoms. The number of carbonyl (C=O) groups excluding carboxylic acids is 3. The Morgan fingerprint density at radius 1 is 1.35 bits per heavy atom. The van der Waals surface area contributed by atoms with Gasteiger partial charge in [-0.2, -0.15) is 0 Å². The second-order valence-corrected chi connectivity index (χ2v) is 5.22. The van der Waals surface area contributed by atoms with Gasteiger partial charge in [-0.25, -0.2) is 4.79 Å². The van der Waals surface area contributed by atoms with Crippen LogP contribution in [0.3, 0.4) is 0 Å². The zero-order valence-corrected chi connectivity index (χ0v) is 11.8. The van der Waals surface area contributed by atoms with Gasteiger partial charge < -0.3 is 10.6 Å². The summed E-state index contributed by atoms with van der Waals surface area (Å²) in [4.78, 5) is 35.5. The molecule has 106 valence electrons. The summed E-state index contributed by atoms with van der Waals surface area (Å²) in [5, 5.41) is 5.08. The van der Waals surface area contributed by atoms with E-state index in [2.05, 4.69) is 10.6 Å². The average molecular weight is 293 g/mol. The summed E-state index contributed by atoms with van der Waals surface area (Å²) in [6, 6.07) is 7.07. The molecule has 0 saturated carbocycles. The molecule has 2 rings (SSSR count). The van der Waals surface area contributed by atoms with Crippen molar-refractivity contribution < 1.29 is 14.4 Å². The molecule has 20 heavy (non-hydrogen) atoms. The molecule has 0 atom stereocenters. The van der Waals surface area contributed by atoms with E-state index >= 15 is 0 Å². The van der Waals surface area contributed by atoms with E-state index in [1.165, 1.54) is 0 Å². The van der Waals surface area contributed by atoms with E-state index in [-0.39, 0.29) is 36.0 Å². The van der Waals surface area contributed by atoms with Crippen LogP contribution in [0.25, 0.3) is 0 Å². The number of hydrogen-bond donors (Lipinski definition) is 2. The second-order valence-electron chi connectivity index (χ2n) is 4.30. The van der Waals surface area contributed by atoms with Gasteiger partial charge >= 0.3 is 6.03 Å². The lowest BCUT2D eigenvalue weighted by Gasteiger charge is -2.14. The minimum atomic E-state index is -0.356. The van der Waals surface area contributed by atoms with Crippen molar-refractivity contribution in [1.29, 1.82) is 0 Å². The number of thioether (sulfide) groups is 1. The van der Waals surface area contributed by atoms with E-state index in [4.69, 9.17) is 0 Å². The number of carbonyl (C=O) groups is 3. The highest BCUT2D eigenvalue weighted by atomic mass is 32.2. The fraction of sp³-hybridized carbons (Fsp3) is 0.308. The number of nitrogens with zero attached hydrogens (tertiary/aromatic N) is 1. The molecule has 4 amide bonds. The fourth-order valence-corrected chi connectivity index (χ4v) is 2.51. The monoisotopic (exact) mass is 293 g/mol. The van der Waals surface area contributed by atoms with Crippen LogP contribution in [-0.4, -0.2) is 40.9 Å². The van der Waals surface area contributed by atoms with Crippen LogP contribution in [0.2, 0.25) is 0 Å². The van der Waals surface area contributed by atoms with Crippen LogP contribution in [0.4, 0.5) is 15.3 Å². The SMILES string of the molecule is Cc1ccccc1NC(=O)NCCN1C(=O)CSC1=O. The Morgan fingerprint density at radius 3 is 2.75 bits per heavy atom. The van der Waals surface area contributed by atoms with Gasteiger partial charge in [-0.1, -0.05) is 30.0 Å². The summed E-state index contributed by atoms with van der Waals surface area (Å²) in [5.74, 6) is -0.0186. The second kappa shape index (κ2) is 6.42. The molecule has 1 saturated heterocycles. The van der Waals surface area contributed by atoms with Gasteiger partial charge in [0.15, 0.2) is 0 Å². The maximum atomic E-state index is 11.7. The van der Waals surface area contributed by atoms with E-state index in [1.807, 2.05) is 25.1 Å². The lowest BCUT2D eigenvalue weighted by atomic mass is 10.2. The largest absolute Gasteiger partial charge is 0.336 e. The van der Waals surface area contributed by atoms with Gasteiger partial charge in [-0.3, -0.25) is 14.5 Å². The van der Waals surface area contributed by atoms with E-state index < -0.39 is 0 Å². The molecule has 0 aromatic heterocycles. The zero-order chi connectivity index (χ0) is 14.5. The van der Waals surface area contributed by atoms with Crippen molar-refractivity contribution in [2.75, 3.05) is 24.2 Å². The van der Waals surface area contributed by atoms with Gasteiger partial charge in [0, 0.05) is 18.8 Å². The Bertz CT molecular complexity index is 531. The summed E-state index contributed by atoms with van der Waals surface area (Å²) in [6.45, 7) is 2.33. The van der Waals surface area contributed by atoms with E-state index in [0.717, 1.165) is 27.9 Å².